The predicted octanol–water partition coefficient (Wildman–Crippen LogP) is 4.65. The number of aromatic nitrogens is 1. The highest BCUT2D eigenvalue weighted by molar-refractivity contribution is 6.03. The van der Waals surface area contributed by atoms with Crippen LogP contribution in [0.4, 0.5) is 22.0 Å². The van der Waals surface area contributed by atoms with E-state index >= 15 is 0 Å². The molecule has 2 aromatic rings. The van der Waals surface area contributed by atoms with Crippen molar-refractivity contribution in [3.63, 3.8) is 0 Å². The van der Waals surface area contributed by atoms with Crippen molar-refractivity contribution in [2.24, 2.45) is 0 Å². The molecule has 1 aromatic carbocycles. The van der Waals surface area contributed by atoms with Crippen LogP contribution in [0.2, 0.25) is 0 Å². The first-order valence-electron chi connectivity index (χ1n) is 7.16. The van der Waals surface area contributed by atoms with E-state index in [2.05, 4.69) is 4.98 Å². The fourth-order valence-corrected chi connectivity index (χ4v) is 3.05. The molecular weight excluding hydrogens is 329 g/mol. The quantitative estimate of drug-likeness (QED) is 0.601. The van der Waals surface area contributed by atoms with Gasteiger partial charge in [0.2, 0.25) is 0 Å². The number of carbonyl (C=O) groups is 1. The van der Waals surface area contributed by atoms with Crippen LogP contribution < -0.4 is 0 Å². The number of benzene rings is 1. The molecule has 0 radical (unpaired) electrons. The zero-order valence-corrected chi connectivity index (χ0v) is 12.3. The van der Waals surface area contributed by atoms with Gasteiger partial charge in [0.15, 0.2) is 5.78 Å². The lowest BCUT2D eigenvalue weighted by molar-refractivity contribution is -0.137. The van der Waals surface area contributed by atoms with Crippen LogP contribution in [-0.2, 0) is 11.6 Å². The van der Waals surface area contributed by atoms with Crippen molar-refractivity contribution in [1.29, 1.82) is 0 Å². The van der Waals surface area contributed by atoms with Gasteiger partial charge in [-0.05, 0) is 29.8 Å². The lowest BCUT2D eigenvalue weighted by Crippen LogP contribution is -2.54. The minimum absolute atomic E-state index is 0.0212. The summed E-state index contributed by atoms with van der Waals surface area (Å²) in [7, 11) is 0. The van der Waals surface area contributed by atoms with Crippen molar-refractivity contribution < 1.29 is 26.7 Å². The van der Waals surface area contributed by atoms with E-state index in [-0.39, 0.29) is 11.3 Å². The zero-order chi connectivity index (χ0) is 17.6. The smallest absolute Gasteiger partial charge is 0.291 e. The van der Waals surface area contributed by atoms with Gasteiger partial charge in [0.05, 0.1) is 11.0 Å². The molecule has 126 valence electrons. The van der Waals surface area contributed by atoms with Crippen LogP contribution in [0, 0.1) is 0 Å². The highest BCUT2D eigenvalue weighted by atomic mass is 19.4. The monoisotopic (exact) mass is 341 g/mol. The Morgan fingerprint density at radius 1 is 1.00 bits per heavy atom. The van der Waals surface area contributed by atoms with Crippen molar-refractivity contribution in [2.45, 2.75) is 30.4 Å². The van der Waals surface area contributed by atoms with E-state index in [1.807, 2.05) is 0 Å². The van der Waals surface area contributed by atoms with Crippen LogP contribution in [0.3, 0.4) is 0 Å². The first-order chi connectivity index (χ1) is 11.1. The Morgan fingerprint density at radius 2 is 1.62 bits per heavy atom. The third-order valence-electron chi connectivity index (χ3n) is 4.22. The number of hydrogen-bond acceptors (Lipinski definition) is 2. The molecule has 0 saturated heterocycles. The number of Topliss-reactive ketones (excluding diaryl/α,β-unsaturated/α-hetero) is 1. The summed E-state index contributed by atoms with van der Waals surface area (Å²) in [5.74, 6) is -3.62. The van der Waals surface area contributed by atoms with Gasteiger partial charge in [-0.1, -0.05) is 18.2 Å². The molecule has 1 heterocycles. The second kappa shape index (κ2) is 5.36. The predicted molar refractivity (Wildman–Crippen MR) is 75.9 cm³/mol. The molecule has 1 fully saturated rings. The van der Waals surface area contributed by atoms with E-state index in [1.54, 1.807) is 12.1 Å². The summed E-state index contributed by atoms with van der Waals surface area (Å²) in [4.78, 5) is 16.6. The molecule has 0 atom stereocenters. The standard InChI is InChI=1S/C17H12F5NO/c18-16(19)9-15(10-16,14(24)13-3-1-2-8-23-13)11-4-6-12(7-5-11)17(20,21)22/h1-8H,9-10H2. The summed E-state index contributed by atoms with van der Waals surface area (Å²) >= 11 is 0. The maximum Gasteiger partial charge on any atom is 0.416 e. The summed E-state index contributed by atoms with van der Waals surface area (Å²) in [5, 5.41) is 0. The largest absolute Gasteiger partial charge is 0.416 e. The van der Waals surface area contributed by atoms with Crippen LogP contribution in [-0.4, -0.2) is 16.7 Å². The van der Waals surface area contributed by atoms with Gasteiger partial charge in [-0.3, -0.25) is 9.78 Å². The Bertz CT molecular complexity index is 745. The molecule has 1 aliphatic rings. The number of rotatable bonds is 3. The number of alkyl halides is 5. The minimum atomic E-state index is -4.53. The van der Waals surface area contributed by atoms with Gasteiger partial charge in [0.25, 0.3) is 5.92 Å². The van der Waals surface area contributed by atoms with Gasteiger partial charge in [0.1, 0.15) is 5.69 Å². The van der Waals surface area contributed by atoms with Crippen molar-refractivity contribution >= 4 is 5.78 Å². The topological polar surface area (TPSA) is 30.0 Å². The maximum atomic E-state index is 13.5. The highest BCUT2D eigenvalue weighted by Crippen LogP contribution is 2.55. The van der Waals surface area contributed by atoms with Gasteiger partial charge >= 0.3 is 6.18 Å². The number of hydrogen-bond donors (Lipinski definition) is 0. The average molecular weight is 341 g/mol. The highest BCUT2D eigenvalue weighted by Gasteiger charge is 2.61. The molecule has 0 N–H and O–H groups in total. The second-order valence-electron chi connectivity index (χ2n) is 5.91. The summed E-state index contributed by atoms with van der Waals surface area (Å²) in [6.07, 6.45) is -4.63. The van der Waals surface area contributed by atoms with Crippen molar-refractivity contribution in [2.75, 3.05) is 0 Å². The molecule has 1 saturated carbocycles. The van der Waals surface area contributed by atoms with Gasteiger partial charge in [-0.15, -0.1) is 0 Å². The number of ketones is 1. The van der Waals surface area contributed by atoms with Crippen LogP contribution in [0.15, 0.2) is 48.7 Å². The first kappa shape index (κ1) is 16.5. The molecular formula is C17H12F5NO. The van der Waals surface area contributed by atoms with E-state index in [0.29, 0.717) is 0 Å². The van der Waals surface area contributed by atoms with E-state index in [1.165, 1.54) is 12.3 Å². The molecule has 0 aliphatic heterocycles. The Morgan fingerprint density at radius 3 is 2.08 bits per heavy atom. The maximum absolute atomic E-state index is 13.5. The van der Waals surface area contributed by atoms with Crippen molar-refractivity contribution in [3.05, 3.63) is 65.5 Å². The number of pyridine rings is 1. The van der Waals surface area contributed by atoms with E-state index in [9.17, 15) is 26.7 Å². The van der Waals surface area contributed by atoms with Crippen molar-refractivity contribution in [3.8, 4) is 0 Å². The summed E-state index contributed by atoms with van der Waals surface area (Å²) < 4.78 is 65.0. The van der Waals surface area contributed by atoms with Crippen LogP contribution >= 0.6 is 0 Å². The lowest BCUT2D eigenvalue weighted by Gasteiger charge is -2.46. The van der Waals surface area contributed by atoms with Crippen LogP contribution in [0.1, 0.15) is 34.5 Å². The molecule has 1 aliphatic carbocycles. The van der Waals surface area contributed by atoms with Gasteiger partial charge < -0.3 is 0 Å². The fourth-order valence-electron chi connectivity index (χ4n) is 3.05. The summed E-state index contributed by atoms with van der Waals surface area (Å²) in [5.41, 5.74) is -2.26. The third-order valence-corrected chi connectivity index (χ3v) is 4.22. The van der Waals surface area contributed by atoms with Gasteiger partial charge in [0, 0.05) is 19.0 Å². The van der Waals surface area contributed by atoms with Crippen LogP contribution in [0.25, 0.3) is 0 Å². The normalized spacial score (nSPS) is 18.7. The fraction of sp³-hybridized carbons (Fsp3) is 0.294. The van der Waals surface area contributed by atoms with Crippen molar-refractivity contribution in [1.82, 2.24) is 4.98 Å². The lowest BCUT2D eigenvalue weighted by atomic mass is 9.59. The summed E-state index contributed by atoms with van der Waals surface area (Å²) in [6.45, 7) is 0. The molecule has 0 bridgehead atoms. The molecule has 3 rings (SSSR count). The van der Waals surface area contributed by atoms with E-state index in [4.69, 9.17) is 0 Å². The van der Waals surface area contributed by atoms with E-state index < -0.39 is 41.7 Å². The SMILES string of the molecule is O=C(c1ccccn1)C1(c2ccc(C(F)(F)F)cc2)CC(F)(F)C1. The number of carbonyl (C=O) groups excluding carboxylic acids is 1. The Kier molecular flexibility index (Phi) is 3.69. The Hall–Kier alpha value is -2.31. The molecule has 0 unspecified atom stereocenters. The molecule has 1 aromatic heterocycles. The third kappa shape index (κ3) is 2.79. The zero-order valence-electron chi connectivity index (χ0n) is 12.3. The van der Waals surface area contributed by atoms with E-state index in [0.717, 1.165) is 24.3 Å². The number of halogens is 5. The van der Waals surface area contributed by atoms with Gasteiger partial charge in [-0.2, -0.15) is 13.2 Å². The molecule has 2 nitrogen and oxygen atoms in total. The Labute approximate surface area is 134 Å². The minimum Gasteiger partial charge on any atom is -0.291 e. The molecule has 7 heteroatoms. The average Bonchev–Trinajstić information content (AvgIpc) is 2.51. The summed E-state index contributed by atoms with van der Waals surface area (Å²) in [6, 6.07) is 8.34. The Balaban J connectivity index is 2.00. The number of nitrogens with zero attached hydrogens (tertiary/aromatic N) is 1. The van der Waals surface area contributed by atoms with Gasteiger partial charge in [-0.25, -0.2) is 8.78 Å². The first-order valence-corrected chi connectivity index (χ1v) is 7.16. The molecule has 24 heavy (non-hydrogen) atoms. The molecule has 0 spiro atoms. The van der Waals surface area contributed by atoms with Crippen LogP contribution in [0.5, 0.6) is 0 Å². The molecule has 0 amide bonds. The second-order valence-corrected chi connectivity index (χ2v) is 5.91.